The molecule has 9 heteroatoms. The maximum atomic E-state index is 12.2. The molecule has 1 aromatic heterocycles. The lowest BCUT2D eigenvalue weighted by molar-refractivity contribution is 0.580. The van der Waals surface area contributed by atoms with Crippen LogP contribution < -0.4 is 9.03 Å². The highest BCUT2D eigenvalue weighted by Crippen LogP contribution is 2.26. The maximum absolute atomic E-state index is 12.2. The van der Waals surface area contributed by atoms with Crippen LogP contribution in [0.3, 0.4) is 0 Å². The summed E-state index contributed by atoms with van der Waals surface area (Å²) < 4.78 is 52.5. The van der Waals surface area contributed by atoms with E-state index in [-0.39, 0.29) is 17.3 Å². The Balaban J connectivity index is 2.20. The van der Waals surface area contributed by atoms with Gasteiger partial charge in [0.1, 0.15) is 4.21 Å². The molecule has 0 aliphatic carbocycles. The Morgan fingerprint density at radius 3 is 2.17 bits per heavy atom. The second-order valence-corrected chi connectivity index (χ2v) is 10.3. The number of hydrogen-bond donors (Lipinski definition) is 1. The van der Waals surface area contributed by atoms with E-state index in [1.54, 1.807) is 11.4 Å². The van der Waals surface area contributed by atoms with E-state index in [1.807, 2.05) is 32.0 Å². The quantitative estimate of drug-likeness (QED) is 0.787. The van der Waals surface area contributed by atoms with Gasteiger partial charge >= 0.3 is 0 Å². The van der Waals surface area contributed by atoms with Crippen LogP contribution in [-0.2, 0) is 20.0 Å². The Morgan fingerprint density at radius 2 is 1.67 bits per heavy atom. The fraction of sp³-hybridized carbons (Fsp3) is 0.333. The molecule has 0 radical (unpaired) electrons. The summed E-state index contributed by atoms with van der Waals surface area (Å²) in [6.45, 7) is 3.67. The van der Waals surface area contributed by atoms with Gasteiger partial charge in [0.05, 0.1) is 11.9 Å². The zero-order valence-electron chi connectivity index (χ0n) is 13.7. The number of rotatable bonds is 7. The highest BCUT2D eigenvalue weighted by molar-refractivity contribution is 7.92. The molecule has 1 N–H and O–H groups in total. The molecule has 0 saturated carbocycles. The molecule has 0 atom stereocenters. The molecule has 132 valence electrons. The van der Waals surface area contributed by atoms with E-state index in [4.69, 9.17) is 0 Å². The van der Waals surface area contributed by atoms with Crippen molar-refractivity contribution in [2.24, 2.45) is 0 Å². The number of aryl methyl sites for hydroxylation is 2. The summed E-state index contributed by atoms with van der Waals surface area (Å²) in [5.74, 6) is 0. The van der Waals surface area contributed by atoms with Gasteiger partial charge in [0.2, 0.25) is 20.0 Å². The molecule has 2 rings (SSSR count). The standard InChI is InChI=1S/C15H20N2O4S3/c1-12-6-4-7-13(2)15(12)17(23(3,18)19)10-9-16-24(20,21)14-8-5-11-22-14/h4-8,11,16H,9-10H2,1-3H3. The summed E-state index contributed by atoms with van der Waals surface area (Å²) in [7, 11) is -7.15. The fourth-order valence-electron chi connectivity index (χ4n) is 2.41. The molecule has 0 bridgehead atoms. The van der Waals surface area contributed by atoms with Crippen LogP contribution in [0.1, 0.15) is 11.1 Å². The molecule has 1 heterocycles. The van der Waals surface area contributed by atoms with Gasteiger partial charge in [-0.1, -0.05) is 24.3 Å². The van der Waals surface area contributed by atoms with Crippen LogP contribution in [0.15, 0.2) is 39.9 Å². The predicted molar refractivity (Wildman–Crippen MR) is 97.6 cm³/mol. The summed E-state index contributed by atoms with van der Waals surface area (Å²) in [5.41, 5.74) is 2.23. The first-order valence-corrected chi connectivity index (χ1v) is 11.4. The average molecular weight is 389 g/mol. The Morgan fingerprint density at radius 1 is 1.04 bits per heavy atom. The lowest BCUT2D eigenvalue weighted by Gasteiger charge is -2.26. The second kappa shape index (κ2) is 7.22. The molecule has 0 aliphatic heterocycles. The number of thiophene rings is 1. The minimum absolute atomic E-state index is 0.0128. The van der Waals surface area contributed by atoms with Crippen molar-refractivity contribution in [1.82, 2.24) is 4.72 Å². The van der Waals surface area contributed by atoms with Crippen LogP contribution in [-0.4, -0.2) is 36.2 Å². The van der Waals surface area contributed by atoms with E-state index in [0.29, 0.717) is 5.69 Å². The smallest absolute Gasteiger partial charge is 0.250 e. The number of nitrogens with one attached hydrogen (secondary N) is 1. The third-order valence-corrected chi connectivity index (χ3v) is 7.48. The number of nitrogens with zero attached hydrogens (tertiary/aromatic N) is 1. The first-order chi connectivity index (χ1) is 11.1. The van der Waals surface area contributed by atoms with Gasteiger partial charge in [-0.05, 0) is 36.4 Å². The average Bonchev–Trinajstić information content (AvgIpc) is 2.99. The van der Waals surface area contributed by atoms with Gasteiger partial charge in [-0.15, -0.1) is 11.3 Å². The summed E-state index contributed by atoms with van der Waals surface area (Å²) in [5, 5.41) is 1.67. The van der Waals surface area contributed by atoms with Gasteiger partial charge in [-0.2, -0.15) is 0 Å². The van der Waals surface area contributed by atoms with Crippen LogP contribution in [0.25, 0.3) is 0 Å². The Bertz CT molecular complexity index is 884. The van der Waals surface area contributed by atoms with Crippen molar-refractivity contribution in [1.29, 1.82) is 0 Å². The van der Waals surface area contributed by atoms with Crippen molar-refractivity contribution in [2.75, 3.05) is 23.7 Å². The van der Waals surface area contributed by atoms with Crippen LogP contribution >= 0.6 is 11.3 Å². The van der Waals surface area contributed by atoms with Gasteiger partial charge in [-0.25, -0.2) is 21.6 Å². The number of benzene rings is 1. The Labute approximate surface area is 147 Å². The SMILES string of the molecule is Cc1cccc(C)c1N(CCNS(=O)(=O)c1cccs1)S(C)(=O)=O. The Kier molecular flexibility index (Phi) is 5.69. The van der Waals surface area contributed by atoms with Crippen LogP contribution in [0, 0.1) is 13.8 Å². The first kappa shape index (κ1) is 18.9. The molecule has 6 nitrogen and oxygen atoms in total. The zero-order valence-corrected chi connectivity index (χ0v) is 16.1. The number of para-hydroxylation sites is 1. The van der Waals surface area contributed by atoms with Crippen LogP contribution in [0.4, 0.5) is 5.69 Å². The molecule has 2 aromatic rings. The molecule has 0 fully saturated rings. The van der Waals surface area contributed by atoms with Crippen molar-refractivity contribution >= 4 is 37.1 Å². The molecule has 1 aromatic carbocycles. The molecule has 0 amide bonds. The molecule has 0 unspecified atom stereocenters. The molecule has 0 aliphatic rings. The zero-order chi connectivity index (χ0) is 18.0. The van der Waals surface area contributed by atoms with E-state index in [2.05, 4.69) is 4.72 Å². The second-order valence-electron chi connectivity index (χ2n) is 5.41. The molecule has 0 spiro atoms. The van der Waals surface area contributed by atoms with Gasteiger partial charge < -0.3 is 0 Å². The van der Waals surface area contributed by atoms with E-state index < -0.39 is 20.0 Å². The van der Waals surface area contributed by atoms with Crippen molar-refractivity contribution in [3.8, 4) is 0 Å². The van der Waals surface area contributed by atoms with E-state index >= 15 is 0 Å². The molecule has 24 heavy (non-hydrogen) atoms. The number of anilines is 1. The summed E-state index contributed by atoms with van der Waals surface area (Å²) in [6.07, 6.45) is 1.12. The summed E-state index contributed by atoms with van der Waals surface area (Å²) >= 11 is 1.11. The summed E-state index contributed by atoms with van der Waals surface area (Å²) in [6, 6.07) is 8.67. The van der Waals surface area contributed by atoms with Crippen LogP contribution in [0.5, 0.6) is 0 Å². The lowest BCUT2D eigenvalue weighted by atomic mass is 10.1. The third kappa shape index (κ3) is 4.35. The van der Waals surface area contributed by atoms with Gasteiger partial charge in [0, 0.05) is 13.1 Å². The molecular weight excluding hydrogens is 368 g/mol. The van der Waals surface area contributed by atoms with Gasteiger partial charge in [0.25, 0.3) is 0 Å². The number of hydrogen-bond acceptors (Lipinski definition) is 5. The maximum Gasteiger partial charge on any atom is 0.250 e. The minimum atomic E-state index is -3.61. The summed E-state index contributed by atoms with van der Waals surface area (Å²) in [4.78, 5) is 0. The Hall–Kier alpha value is -1.42. The van der Waals surface area contributed by atoms with Crippen molar-refractivity contribution < 1.29 is 16.8 Å². The van der Waals surface area contributed by atoms with Crippen molar-refractivity contribution in [3.05, 3.63) is 46.8 Å². The normalized spacial score (nSPS) is 12.3. The topological polar surface area (TPSA) is 83.6 Å². The monoisotopic (exact) mass is 388 g/mol. The largest absolute Gasteiger partial charge is 0.269 e. The first-order valence-electron chi connectivity index (χ1n) is 7.20. The third-order valence-electron chi connectivity index (χ3n) is 3.46. The molecular formula is C15H20N2O4S3. The number of sulfonamides is 2. The highest BCUT2D eigenvalue weighted by atomic mass is 32.2. The van der Waals surface area contributed by atoms with Gasteiger partial charge in [0.15, 0.2) is 0 Å². The van der Waals surface area contributed by atoms with E-state index in [9.17, 15) is 16.8 Å². The lowest BCUT2D eigenvalue weighted by Crippen LogP contribution is -2.38. The van der Waals surface area contributed by atoms with E-state index in [0.717, 1.165) is 28.7 Å². The van der Waals surface area contributed by atoms with Crippen molar-refractivity contribution in [2.45, 2.75) is 18.1 Å². The molecule has 0 saturated heterocycles. The van der Waals surface area contributed by atoms with Gasteiger partial charge in [-0.3, -0.25) is 4.31 Å². The fourth-order valence-corrected chi connectivity index (χ4v) is 5.51. The highest BCUT2D eigenvalue weighted by Gasteiger charge is 2.22. The minimum Gasteiger partial charge on any atom is -0.269 e. The van der Waals surface area contributed by atoms with Crippen LogP contribution in [0.2, 0.25) is 0 Å². The predicted octanol–water partition coefficient (Wildman–Crippen LogP) is 2.11. The van der Waals surface area contributed by atoms with E-state index in [1.165, 1.54) is 10.4 Å². The van der Waals surface area contributed by atoms with Crippen molar-refractivity contribution in [3.63, 3.8) is 0 Å².